The van der Waals surface area contributed by atoms with E-state index in [1.54, 1.807) is 0 Å². The van der Waals surface area contributed by atoms with Gasteiger partial charge in [0.2, 0.25) is 0 Å². The molecular formula is C25H28N4. The fraction of sp³-hybridized carbons (Fsp3) is 0.280. The van der Waals surface area contributed by atoms with Gasteiger partial charge in [0.15, 0.2) is 5.65 Å². The second-order valence-corrected chi connectivity index (χ2v) is 7.70. The summed E-state index contributed by atoms with van der Waals surface area (Å²) in [5, 5.41) is 8.63. The molecule has 0 unspecified atom stereocenters. The molecule has 2 aromatic heterocycles. The van der Waals surface area contributed by atoms with Crippen molar-refractivity contribution in [3.8, 4) is 11.1 Å². The standard InChI is InChI=1S/C25H28N4/c1-5-17(2)26-24-22(16-20-12-8-6-9-13-20)18(3)27-25-23(19(4)28-29(24)25)21-14-10-7-11-15-21/h6-15,17,26H,5,16H2,1-4H3/t17-/m1/s1. The lowest BCUT2D eigenvalue weighted by Crippen LogP contribution is -2.19. The van der Waals surface area contributed by atoms with Crippen LogP contribution in [0.25, 0.3) is 16.8 Å². The number of anilines is 1. The molecule has 0 bridgehead atoms. The van der Waals surface area contributed by atoms with Gasteiger partial charge in [0.25, 0.3) is 0 Å². The van der Waals surface area contributed by atoms with Crippen molar-refractivity contribution < 1.29 is 0 Å². The normalized spacial score (nSPS) is 12.3. The molecule has 4 aromatic rings. The molecule has 0 radical (unpaired) electrons. The van der Waals surface area contributed by atoms with Gasteiger partial charge in [-0.2, -0.15) is 9.61 Å². The minimum absolute atomic E-state index is 0.346. The number of rotatable bonds is 6. The molecule has 4 rings (SSSR count). The maximum Gasteiger partial charge on any atom is 0.165 e. The zero-order chi connectivity index (χ0) is 20.4. The maximum absolute atomic E-state index is 5.02. The third-order valence-electron chi connectivity index (χ3n) is 5.53. The summed E-state index contributed by atoms with van der Waals surface area (Å²) in [5.74, 6) is 1.05. The summed E-state index contributed by atoms with van der Waals surface area (Å²) in [6, 6.07) is 21.3. The van der Waals surface area contributed by atoms with Crippen molar-refractivity contribution in [3.05, 3.63) is 83.2 Å². The van der Waals surface area contributed by atoms with Crippen molar-refractivity contribution in [2.24, 2.45) is 0 Å². The number of nitrogens with one attached hydrogen (secondary N) is 1. The Labute approximate surface area is 172 Å². The zero-order valence-electron chi connectivity index (χ0n) is 17.6. The van der Waals surface area contributed by atoms with Crippen molar-refractivity contribution in [3.63, 3.8) is 0 Å². The average Bonchev–Trinajstić information content (AvgIpc) is 3.07. The number of nitrogens with zero attached hydrogens (tertiary/aromatic N) is 3. The van der Waals surface area contributed by atoms with Gasteiger partial charge >= 0.3 is 0 Å². The van der Waals surface area contributed by atoms with Gasteiger partial charge in [0.1, 0.15) is 5.82 Å². The Hall–Kier alpha value is -3.14. The van der Waals surface area contributed by atoms with Crippen molar-refractivity contribution in [1.29, 1.82) is 0 Å². The lowest BCUT2D eigenvalue weighted by Gasteiger charge is -2.19. The van der Waals surface area contributed by atoms with Crippen LogP contribution in [-0.2, 0) is 6.42 Å². The Kier molecular flexibility index (Phi) is 5.34. The molecule has 0 aliphatic carbocycles. The highest BCUT2D eigenvalue weighted by molar-refractivity contribution is 5.81. The van der Waals surface area contributed by atoms with Crippen molar-refractivity contribution >= 4 is 11.5 Å². The van der Waals surface area contributed by atoms with Gasteiger partial charge in [-0.05, 0) is 38.3 Å². The van der Waals surface area contributed by atoms with Crippen LogP contribution < -0.4 is 5.32 Å². The van der Waals surface area contributed by atoms with E-state index < -0.39 is 0 Å². The van der Waals surface area contributed by atoms with Crippen LogP contribution in [0.1, 0.15) is 42.8 Å². The predicted molar refractivity (Wildman–Crippen MR) is 121 cm³/mol. The number of fused-ring (bicyclic) bond motifs is 1. The van der Waals surface area contributed by atoms with E-state index in [0.29, 0.717) is 6.04 Å². The number of hydrogen-bond acceptors (Lipinski definition) is 3. The molecular weight excluding hydrogens is 356 g/mol. The Morgan fingerprint density at radius 1 is 0.931 bits per heavy atom. The van der Waals surface area contributed by atoms with E-state index in [4.69, 9.17) is 10.1 Å². The third-order valence-corrected chi connectivity index (χ3v) is 5.53. The summed E-state index contributed by atoms with van der Waals surface area (Å²) in [6.07, 6.45) is 1.87. The molecule has 0 saturated heterocycles. The van der Waals surface area contributed by atoms with E-state index in [1.807, 2.05) is 10.6 Å². The molecule has 4 nitrogen and oxygen atoms in total. The first-order valence-corrected chi connectivity index (χ1v) is 10.3. The van der Waals surface area contributed by atoms with Gasteiger partial charge in [0, 0.05) is 29.3 Å². The quantitative estimate of drug-likeness (QED) is 0.456. The predicted octanol–water partition coefficient (Wildman–Crippen LogP) is 5.81. The van der Waals surface area contributed by atoms with E-state index >= 15 is 0 Å². The van der Waals surface area contributed by atoms with Gasteiger partial charge in [-0.3, -0.25) is 0 Å². The highest BCUT2D eigenvalue weighted by Crippen LogP contribution is 2.32. The fourth-order valence-electron chi connectivity index (χ4n) is 3.74. The van der Waals surface area contributed by atoms with Crippen LogP contribution in [0.4, 0.5) is 5.82 Å². The van der Waals surface area contributed by atoms with E-state index in [0.717, 1.165) is 46.8 Å². The minimum atomic E-state index is 0.346. The topological polar surface area (TPSA) is 42.2 Å². The average molecular weight is 385 g/mol. The largest absolute Gasteiger partial charge is 0.367 e. The fourth-order valence-corrected chi connectivity index (χ4v) is 3.74. The minimum Gasteiger partial charge on any atom is -0.367 e. The molecule has 29 heavy (non-hydrogen) atoms. The van der Waals surface area contributed by atoms with Gasteiger partial charge in [-0.1, -0.05) is 67.6 Å². The van der Waals surface area contributed by atoms with Crippen molar-refractivity contribution in [1.82, 2.24) is 14.6 Å². The van der Waals surface area contributed by atoms with Crippen molar-refractivity contribution in [2.45, 2.75) is 46.6 Å². The van der Waals surface area contributed by atoms with Crippen LogP contribution >= 0.6 is 0 Å². The van der Waals surface area contributed by atoms with Crippen LogP contribution in [0, 0.1) is 13.8 Å². The summed E-state index contributed by atoms with van der Waals surface area (Å²) >= 11 is 0. The summed E-state index contributed by atoms with van der Waals surface area (Å²) in [4.78, 5) is 5.02. The molecule has 0 amide bonds. The molecule has 0 saturated carbocycles. The van der Waals surface area contributed by atoms with Crippen LogP contribution in [0.2, 0.25) is 0 Å². The monoisotopic (exact) mass is 384 g/mol. The molecule has 2 aromatic carbocycles. The first-order chi connectivity index (χ1) is 14.1. The van der Waals surface area contributed by atoms with Gasteiger partial charge in [0.05, 0.1) is 5.69 Å². The smallest absolute Gasteiger partial charge is 0.165 e. The highest BCUT2D eigenvalue weighted by Gasteiger charge is 2.20. The van der Waals surface area contributed by atoms with E-state index in [1.165, 1.54) is 11.1 Å². The van der Waals surface area contributed by atoms with Crippen LogP contribution in [0.5, 0.6) is 0 Å². The summed E-state index contributed by atoms with van der Waals surface area (Å²) < 4.78 is 2.01. The molecule has 1 N–H and O–H groups in total. The molecule has 0 aliphatic heterocycles. The molecule has 0 spiro atoms. The summed E-state index contributed by atoms with van der Waals surface area (Å²) in [7, 11) is 0. The van der Waals surface area contributed by atoms with Crippen LogP contribution in [-0.4, -0.2) is 20.6 Å². The Morgan fingerprint density at radius 3 is 2.24 bits per heavy atom. The Bertz CT molecular complexity index is 1110. The third kappa shape index (κ3) is 3.75. The van der Waals surface area contributed by atoms with Gasteiger partial charge < -0.3 is 5.32 Å². The summed E-state index contributed by atoms with van der Waals surface area (Å²) in [6.45, 7) is 8.58. The molecule has 4 heteroatoms. The number of hydrogen-bond donors (Lipinski definition) is 1. The van der Waals surface area contributed by atoms with Crippen LogP contribution in [0.3, 0.4) is 0 Å². The SMILES string of the molecule is CC[C@@H](C)Nc1c(Cc2ccccc2)c(C)nc2c(-c3ccccc3)c(C)nn12. The molecule has 0 aliphatic rings. The van der Waals surface area contributed by atoms with Crippen molar-refractivity contribution in [2.75, 3.05) is 5.32 Å². The summed E-state index contributed by atoms with van der Waals surface area (Å²) in [5.41, 5.74) is 7.68. The molecule has 0 fully saturated rings. The zero-order valence-corrected chi connectivity index (χ0v) is 17.6. The van der Waals surface area contributed by atoms with E-state index in [2.05, 4.69) is 87.6 Å². The highest BCUT2D eigenvalue weighted by atomic mass is 15.3. The lowest BCUT2D eigenvalue weighted by molar-refractivity contribution is 0.742. The number of aryl methyl sites for hydroxylation is 2. The number of benzene rings is 2. The maximum atomic E-state index is 5.02. The Balaban J connectivity index is 1.94. The first kappa shape index (κ1) is 19.2. The molecule has 1 atom stereocenters. The Morgan fingerprint density at radius 2 is 1.59 bits per heavy atom. The molecule has 148 valence electrons. The molecule has 2 heterocycles. The number of aromatic nitrogens is 3. The van der Waals surface area contributed by atoms with Gasteiger partial charge in [-0.15, -0.1) is 0 Å². The lowest BCUT2D eigenvalue weighted by atomic mass is 10.0. The first-order valence-electron chi connectivity index (χ1n) is 10.3. The van der Waals surface area contributed by atoms with E-state index in [-0.39, 0.29) is 0 Å². The van der Waals surface area contributed by atoms with Crippen LogP contribution in [0.15, 0.2) is 60.7 Å². The van der Waals surface area contributed by atoms with Gasteiger partial charge in [-0.25, -0.2) is 4.98 Å². The second kappa shape index (κ2) is 8.08. The van der Waals surface area contributed by atoms with E-state index in [9.17, 15) is 0 Å². The second-order valence-electron chi connectivity index (χ2n) is 7.70.